The summed E-state index contributed by atoms with van der Waals surface area (Å²) in [5.74, 6) is 1.60. The van der Waals surface area contributed by atoms with Crippen molar-refractivity contribution in [3.05, 3.63) is 65.4 Å². The fourth-order valence-electron chi connectivity index (χ4n) is 2.92. The molecule has 2 heterocycles. The normalized spacial score (nSPS) is 12.9. The van der Waals surface area contributed by atoms with Crippen LogP contribution < -0.4 is 5.32 Å². The summed E-state index contributed by atoms with van der Waals surface area (Å²) >= 11 is 1.88. The van der Waals surface area contributed by atoms with Gasteiger partial charge >= 0.3 is 5.97 Å². The van der Waals surface area contributed by atoms with E-state index in [1.54, 1.807) is 12.1 Å². The topological polar surface area (TPSA) is 51.2 Å². The molecule has 0 aliphatic carbocycles. The Hall–Kier alpha value is -2.53. The summed E-state index contributed by atoms with van der Waals surface area (Å²) in [5, 5.41) is 4.65. The van der Waals surface area contributed by atoms with Gasteiger partial charge in [-0.05, 0) is 30.3 Å². The number of ether oxygens (including phenoxy) is 1. The van der Waals surface area contributed by atoms with E-state index in [-0.39, 0.29) is 5.97 Å². The number of para-hydroxylation sites is 1. The van der Waals surface area contributed by atoms with E-state index < -0.39 is 0 Å². The summed E-state index contributed by atoms with van der Waals surface area (Å²) in [7, 11) is 1.39. The van der Waals surface area contributed by atoms with Crippen LogP contribution in [0.3, 0.4) is 0 Å². The van der Waals surface area contributed by atoms with Crippen molar-refractivity contribution >= 4 is 40.0 Å². The van der Waals surface area contributed by atoms with Crippen LogP contribution in [0.1, 0.15) is 21.6 Å². The minimum absolute atomic E-state index is 0.326. The summed E-state index contributed by atoms with van der Waals surface area (Å²) in [6.45, 7) is 0. The molecule has 1 aliphatic rings. The van der Waals surface area contributed by atoms with E-state index in [2.05, 4.69) is 11.4 Å². The van der Waals surface area contributed by atoms with E-state index in [1.807, 2.05) is 42.1 Å². The average Bonchev–Trinajstić information content (AvgIpc) is 3.10. The summed E-state index contributed by atoms with van der Waals surface area (Å²) in [4.78, 5) is 16.3. The molecule has 1 aromatic heterocycles. The first-order valence-corrected chi connectivity index (χ1v) is 8.85. The van der Waals surface area contributed by atoms with Crippen LogP contribution in [0.15, 0.2) is 48.5 Å². The highest BCUT2D eigenvalue weighted by atomic mass is 32.2. The lowest BCUT2D eigenvalue weighted by molar-refractivity contribution is 0.0601. The van der Waals surface area contributed by atoms with Crippen molar-refractivity contribution in [2.75, 3.05) is 12.4 Å². The Balaban J connectivity index is 1.75. The van der Waals surface area contributed by atoms with Gasteiger partial charge in [-0.25, -0.2) is 4.79 Å². The first-order chi connectivity index (χ1) is 11.8. The molecule has 0 saturated carbocycles. The van der Waals surface area contributed by atoms with Crippen molar-refractivity contribution < 1.29 is 9.53 Å². The van der Waals surface area contributed by atoms with E-state index in [1.165, 1.54) is 12.7 Å². The van der Waals surface area contributed by atoms with Gasteiger partial charge in [-0.1, -0.05) is 18.2 Å². The maximum atomic E-state index is 11.6. The number of nitrogens with one attached hydrogen (secondary N) is 1. The molecule has 0 fully saturated rings. The third-order valence-electron chi connectivity index (χ3n) is 4.14. The van der Waals surface area contributed by atoms with Crippen molar-refractivity contribution in [2.45, 2.75) is 11.5 Å². The van der Waals surface area contributed by atoms with Gasteiger partial charge in [0.25, 0.3) is 0 Å². The van der Waals surface area contributed by atoms with Gasteiger partial charge in [-0.3, -0.25) is 4.98 Å². The Morgan fingerprint density at radius 3 is 2.71 bits per heavy atom. The Morgan fingerprint density at radius 2 is 1.92 bits per heavy atom. The number of benzene rings is 2. The van der Waals surface area contributed by atoms with E-state index >= 15 is 0 Å². The van der Waals surface area contributed by atoms with Crippen LogP contribution in [-0.4, -0.2) is 18.1 Å². The molecular formula is C19H16N2O2S. The largest absolute Gasteiger partial charge is 0.465 e. The van der Waals surface area contributed by atoms with Crippen molar-refractivity contribution in [1.82, 2.24) is 4.98 Å². The molecule has 5 heteroatoms. The molecule has 4 nitrogen and oxygen atoms in total. The second-order valence-corrected chi connectivity index (χ2v) is 6.60. The number of hydrogen-bond acceptors (Lipinski definition) is 5. The van der Waals surface area contributed by atoms with Crippen molar-refractivity contribution in [1.29, 1.82) is 0 Å². The van der Waals surface area contributed by atoms with Gasteiger partial charge in [0.1, 0.15) is 0 Å². The number of carbonyl (C=O) groups excluding carboxylic acids is 1. The monoisotopic (exact) mass is 336 g/mol. The predicted octanol–water partition coefficient (Wildman–Crippen LogP) is 4.51. The lowest BCUT2D eigenvalue weighted by Gasteiger charge is -2.14. The summed E-state index contributed by atoms with van der Waals surface area (Å²) in [6.07, 6.45) is 0. The number of esters is 1. The first kappa shape index (κ1) is 15.0. The second kappa shape index (κ2) is 6.17. The zero-order valence-corrected chi connectivity index (χ0v) is 14.0. The van der Waals surface area contributed by atoms with Crippen LogP contribution in [0, 0.1) is 0 Å². The van der Waals surface area contributed by atoms with Gasteiger partial charge in [-0.2, -0.15) is 11.8 Å². The third kappa shape index (κ3) is 2.61. The molecular weight excluding hydrogens is 320 g/mol. The summed E-state index contributed by atoms with van der Waals surface area (Å²) in [5.41, 5.74) is 6.04. The number of thioether (sulfide) groups is 1. The number of fused-ring (bicyclic) bond motifs is 2. The third-order valence-corrected chi connectivity index (χ3v) is 5.11. The maximum absolute atomic E-state index is 11.6. The molecule has 0 bridgehead atoms. The quantitative estimate of drug-likeness (QED) is 0.713. The maximum Gasteiger partial charge on any atom is 0.337 e. The van der Waals surface area contributed by atoms with Crippen LogP contribution in [0.2, 0.25) is 0 Å². The molecule has 0 radical (unpaired) electrons. The molecule has 2 aromatic carbocycles. The Labute approximate surface area is 144 Å². The minimum atomic E-state index is -0.326. The number of nitrogens with zero attached hydrogens (tertiary/aromatic N) is 1. The van der Waals surface area contributed by atoms with Gasteiger partial charge in [-0.15, -0.1) is 0 Å². The Bertz CT molecular complexity index is 923. The molecule has 120 valence electrons. The lowest BCUT2D eigenvalue weighted by Crippen LogP contribution is -2.02. The highest BCUT2D eigenvalue weighted by Crippen LogP contribution is 2.39. The smallest absolute Gasteiger partial charge is 0.337 e. The van der Waals surface area contributed by atoms with Crippen LogP contribution in [0.25, 0.3) is 10.9 Å². The molecule has 0 saturated heterocycles. The molecule has 0 atom stereocenters. The van der Waals surface area contributed by atoms with E-state index in [0.717, 1.165) is 39.5 Å². The van der Waals surface area contributed by atoms with Crippen molar-refractivity contribution in [3.63, 3.8) is 0 Å². The first-order valence-electron chi connectivity index (χ1n) is 7.70. The molecule has 0 amide bonds. The SMILES string of the molecule is COC(=O)c1ccc(Nc2c3c(nc4ccccc24)CSC3)cc1. The number of aromatic nitrogens is 1. The molecule has 1 aliphatic heterocycles. The van der Waals surface area contributed by atoms with Gasteiger partial charge in [0.2, 0.25) is 0 Å². The number of pyridine rings is 1. The van der Waals surface area contributed by atoms with E-state index in [4.69, 9.17) is 9.72 Å². The van der Waals surface area contributed by atoms with Crippen molar-refractivity contribution in [2.24, 2.45) is 0 Å². The molecule has 4 rings (SSSR count). The standard InChI is InChI=1S/C19H16N2O2S/c1-23-19(22)12-6-8-13(9-7-12)20-18-14-4-2-3-5-16(14)21-17-11-24-10-15(17)18/h2-9H,10-11H2,1H3,(H,20,21). The van der Waals surface area contributed by atoms with Gasteiger partial charge in [0.15, 0.2) is 0 Å². The average molecular weight is 336 g/mol. The summed E-state index contributed by atoms with van der Waals surface area (Å²) < 4.78 is 4.74. The van der Waals surface area contributed by atoms with Crippen LogP contribution in [0.5, 0.6) is 0 Å². The fraction of sp³-hybridized carbons (Fsp3) is 0.158. The number of carbonyl (C=O) groups is 1. The fourth-order valence-corrected chi connectivity index (χ4v) is 3.97. The Morgan fingerprint density at radius 1 is 1.12 bits per heavy atom. The van der Waals surface area contributed by atoms with Gasteiger partial charge < -0.3 is 10.1 Å². The highest BCUT2D eigenvalue weighted by molar-refractivity contribution is 7.98. The number of rotatable bonds is 3. The molecule has 3 aromatic rings. The second-order valence-electron chi connectivity index (χ2n) is 5.62. The zero-order valence-electron chi connectivity index (χ0n) is 13.2. The van der Waals surface area contributed by atoms with E-state index in [0.29, 0.717) is 5.56 Å². The highest BCUT2D eigenvalue weighted by Gasteiger charge is 2.20. The molecule has 0 unspecified atom stereocenters. The predicted molar refractivity (Wildman–Crippen MR) is 97.8 cm³/mol. The van der Waals surface area contributed by atoms with Crippen LogP contribution >= 0.6 is 11.8 Å². The number of methoxy groups -OCH3 is 1. The van der Waals surface area contributed by atoms with Crippen LogP contribution in [0.4, 0.5) is 11.4 Å². The summed E-state index contributed by atoms with van der Waals surface area (Å²) in [6, 6.07) is 15.5. The number of hydrogen-bond donors (Lipinski definition) is 1. The molecule has 24 heavy (non-hydrogen) atoms. The van der Waals surface area contributed by atoms with Gasteiger partial charge in [0.05, 0.1) is 29.6 Å². The number of anilines is 2. The van der Waals surface area contributed by atoms with Gasteiger partial charge in [0, 0.05) is 28.1 Å². The van der Waals surface area contributed by atoms with Crippen LogP contribution in [-0.2, 0) is 16.2 Å². The zero-order chi connectivity index (χ0) is 16.5. The molecule has 0 spiro atoms. The Kier molecular flexibility index (Phi) is 3.86. The molecule has 1 N–H and O–H groups in total. The lowest BCUT2D eigenvalue weighted by atomic mass is 10.1. The minimum Gasteiger partial charge on any atom is -0.465 e. The van der Waals surface area contributed by atoms with E-state index in [9.17, 15) is 4.79 Å². The van der Waals surface area contributed by atoms with Crippen molar-refractivity contribution in [3.8, 4) is 0 Å².